The number of nitrogens with one attached hydrogen (secondary N) is 2. The zero-order chi connectivity index (χ0) is 18.5. The molecule has 0 unspecified atom stereocenters. The van der Waals surface area contributed by atoms with E-state index in [0.29, 0.717) is 25.0 Å². The number of rotatable bonds is 4. The molecule has 142 valence electrons. The van der Waals surface area contributed by atoms with Crippen molar-refractivity contribution in [2.24, 2.45) is 23.7 Å². The Labute approximate surface area is 157 Å². The Morgan fingerprint density at radius 3 is 2.67 bits per heavy atom. The van der Waals surface area contributed by atoms with Gasteiger partial charge >= 0.3 is 0 Å². The van der Waals surface area contributed by atoms with Crippen LogP contribution in [0.25, 0.3) is 0 Å². The molecule has 27 heavy (non-hydrogen) atoms. The molecule has 2 N–H and O–H groups in total. The number of anilines is 1. The summed E-state index contributed by atoms with van der Waals surface area (Å²) >= 11 is 0. The quantitative estimate of drug-likeness (QED) is 0.777. The fraction of sp³-hybridized carbons (Fsp3) is 0.550. The molecule has 2 bridgehead atoms. The van der Waals surface area contributed by atoms with Crippen LogP contribution in [-0.2, 0) is 20.9 Å². The molecule has 0 spiro atoms. The molecular weight excluding hydrogens is 346 g/mol. The summed E-state index contributed by atoms with van der Waals surface area (Å²) in [6.45, 7) is 1.56. The molecule has 1 saturated heterocycles. The predicted molar refractivity (Wildman–Crippen MR) is 96.8 cm³/mol. The van der Waals surface area contributed by atoms with E-state index in [0.717, 1.165) is 42.8 Å². The Morgan fingerprint density at radius 1 is 1.19 bits per heavy atom. The third kappa shape index (κ3) is 2.67. The topological polar surface area (TPSA) is 87.7 Å². The normalized spacial score (nSPS) is 30.6. The average molecular weight is 369 g/mol. The van der Waals surface area contributed by atoms with Gasteiger partial charge in [0, 0.05) is 13.1 Å². The number of hydrogen-bond donors (Lipinski definition) is 2. The summed E-state index contributed by atoms with van der Waals surface area (Å²) in [5.41, 5.74) is 1.87. The number of benzene rings is 1. The van der Waals surface area contributed by atoms with Crippen LogP contribution in [0.4, 0.5) is 5.69 Å². The van der Waals surface area contributed by atoms with E-state index in [4.69, 9.17) is 4.74 Å². The van der Waals surface area contributed by atoms with Gasteiger partial charge in [-0.2, -0.15) is 0 Å². The molecular formula is C20H23N3O4. The van der Waals surface area contributed by atoms with Gasteiger partial charge in [-0.05, 0) is 48.8 Å². The second-order valence-electron chi connectivity index (χ2n) is 8.03. The van der Waals surface area contributed by atoms with Crippen molar-refractivity contribution in [2.45, 2.75) is 25.8 Å². The smallest absolute Gasteiger partial charge is 0.240 e. The molecule has 0 radical (unpaired) electrons. The Morgan fingerprint density at radius 2 is 1.93 bits per heavy atom. The average Bonchev–Trinajstić information content (AvgIpc) is 3.36. The number of ether oxygens (including phenoxy) is 1. The number of carbonyl (C=O) groups is 3. The number of imide groups is 1. The van der Waals surface area contributed by atoms with Crippen LogP contribution >= 0.6 is 0 Å². The number of hydrogen-bond acceptors (Lipinski definition) is 5. The zero-order valence-electron chi connectivity index (χ0n) is 15.1. The highest BCUT2D eigenvalue weighted by atomic mass is 16.5. The zero-order valence-corrected chi connectivity index (χ0v) is 15.1. The largest absolute Gasteiger partial charge is 0.490 e. The van der Waals surface area contributed by atoms with Crippen molar-refractivity contribution in [1.82, 2.24) is 10.2 Å². The Bertz CT molecular complexity index is 795. The number of amides is 3. The van der Waals surface area contributed by atoms with Gasteiger partial charge in [-0.1, -0.05) is 6.07 Å². The van der Waals surface area contributed by atoms with E-state index in [9.17, 15) is 14.4 Å². The van der Waals surface area contributed by atoms with Crippen LogP contribution in [0.1, 0.15) is 24.8 Å². The van der Waals surface area contributed by atoms with Gasteiger partial charge < -0.3 is 15.4 Å². The van der Waals surface area contributed by atoms with E-state index >= 15 is 0 Å². The summed E-state index contributed by atoms with van der Waals surface area (Å²) in [5, 5.41) is 6.07. The van der Waals surface area contributed by atoms with E-state index in [1.54, 1.807) is 0 Å². The molecule has 1 aromatic rings. The Hall–Kier alpha value is -2.57. The van der Waals surface area contributed by atoms with Crippen molar-refractivity contribution < 1.29 is 19.1 Å². The van der Waals surface area contributed by atoms with Crippen LogP contribution in [0.3, 0.4) is 0 Å². The molecule has 0 aromatic heterocycles. The fourth-order valence-electron chi connectivity index (χ4n) is 5.32. The van der Waals surface area contributed by atoms with E-state index in [1.165, 1.54) is 4.90 Å². The standard InChI is InChI=1S/C20H23N3O4/c24-16(22-9-11-1-4-14-15(7-11)27-6-5-21-14)10-23-19(25)17-12-2-3-13(8-12)18(17)20(23)26/h1,4,7,12-13,17-18,21H,2-3,5-6,8-10H2,(H,22,24)/t12-,13+,17+,18-. The molecule has 7 heteroatoms. The maximum Gasteiger partial charge on any atom is 0.240 e. The first kappa shape index (κ1) is 16.6. The lowest BCUT2D eigenvalue weighted by atomic mass is 9.81. The lowest BCUT2D eigenvalue weighted by Crippen LogP contribution is -2.41. The molecule has 1 aromatic carbocycles. The third-order valence-corrected chi connectivity index (χ3v) is 6.53. The van der Waals surface area contributed by atoms with Crippen molar-refractivity contribution in [2.75, 3.05) is 25.0 Å². The molecule has 2 aliphatic heterocycles. The predicted octanol–water partition coefficient (Wildman–Crippen LogP) is 1.14. The van der Waals surface area contributed by atoms with Gasteiger partial charge in [-0.15, -0.1) is 0 Å². The van der Waals surface area contributed by atoms with Crippen LogP contribution in [0, 0.1) is 23.7 Å². The molecule has 2 heterocycles. The summed E-state index contributed by atoms with van der Waals surface area (Å²) in [5.74, 6) is 0.536. The first-order valence-corrected chi connectivity index (χ1v) is 9.73. The van der Waals surface area contributed by atoms with Crippen molar-refractivity contribution in [1.29, 1.82) is 0 Å². The molecule has 3 amide bonds. The van der Waals surface area contributed by atoms with Gasteiger partial charge in [-0.3, -0.25) is 19.3 Å². The molecule has 5 rings (SSSR count). The van der Waals surface area contributed by atoms with Crippen LogP contribution in [0.2, 0.25) is 0 Å². The maximum atomic E-state index is 12.7. The number of fused-ring (bicyclic) bond motifs is 6. The van der Waals surface area contributed by atoms with Crippen LogP contribution in [0.15, 0.2) is 18.2 Å². The highest BCUT2D eigenvalue weighted by Gasteiger charge is 2.60. The van der Waals surface area contributed by atoms with E-state index < -0.39 is 0 Å². The monoisotopic (exact) mass is 369 g/mol. The molecule has 2 saturated carbocycles. The minimum absolute atomic E-state index is 0.138. The van der Waals surface area contributed by atoms with Gasteiger partial charge in [0.05, 0.1) is 17.5 Å². The second kappa shape index (κ2) is 6.25. The molecule has 3 fully saturated rings. The number of nitrogens with zero attached hydrogens (tertiary/aromatic N) is 1. The summed E-state index contributed by atoms with van der Waals surface area (Å²) in [6, 6.07) is 5.76. The van der Waals surface area contributed by atoms with Gasteiger partial charge in [-0.25, -0.2) is 0 Å². The molecule has 2 aliphatic carbocycles. The lowest BCUT2D eigenvalue weighted by molar-refractivity contribution is -0.144. The molecule has 7 nitrogen and oxygen atoms in total. The van der Waals surface area contributed by atoms with Gasteiger partial charge in [0.25, 0.3) is 0 Å². The Balaban J connectivity index is 1.20. The first-order chi connectivity index (χ1) is 13.1. The summed E-state index contributed by atoms with van der Waals surface area (Å²) in [6.07, 6.45) is 3.09. The van der Waals surface area contributed by atoms with Crippen LogP contribution in [-0.4, -0.2) is 42.3 Å². The van der Waals surface area contributed by atoms with Crippen molar-refractivity contribution in [3.05, 3.63) is 23.8 Å². The Kier molecular flexibility index (Phi) is 3.84. The van der Waals surface area contributed by atoms with Gasteiger partial charge in [0.1, 0.15) is 18.9 Å². The van der Waals surface area contributed by atoms with Gasteiger partial charge in [0.2, 0.25) is 17.7 Å². The van der Waals surface area contributed by atoms with E-state index in [-0.39, 0.29) is 36.1 Å². The fourth-order valence-corrected chi connectivity index (χ4v) is 5.32. The minimum atomic E-state index is -0.305. The minimum Gasteiger partial charge on any atom is -0.490 e. The third-order valence-electron chi connectivity index (χ3n) is 6.53. The van der Waals surface area contributed by atoms with E-state index in [1.807, 2.05) is 18.2 Å². The SMILES string of the molecule is O=C(CN1C(=O)[C@@H]2[C@H]3CC[C@H](C3)[C@@H]2C1=O)NCc1ccc2c(c1)OCCN2. The first-order valence-electron chi connectivity index (χ1n) is 9.73. The van der Waals surface area contributed by atoms with Crippen molar-refractivity contribution in [3.63, 3.8) is 0 Å². The lowest BCUT2D eigenvalue weighted by Gasteiger charge is -2.20. The maximum absolute atomic E-state index is 12.7. The highest BCUT2D eigenvalue weighted by Crippen LogP contribution is 2.56. The number of carbonyl (C=O) groups excluding carboxylic acids is 3. The number of likely N-dealkylation sites (tertiary alicyclic amines) is 1. The highest BCUT2D eigenvalue weighted by molar-refractivity contribution is 6.08. The van der Waals surface area contributed by atoms with Crippen molar-refractivity contribution >= 4 is 23.4 Å². The molecule has 4 atom stereocenters. The van der Waals surface area contributed by atoms with E-state index in [2.05, 4.69) is 10.6 Å². The van der Waals surface area contributed by atoms with Crippen molar-refractivity contribution in [3.8, 4) is 5.75 Å². The summed E-state index contributed by atoms with van der Waals surface area (Å²) < 4.78 is 5.60. The summed E-state index contributed by atoms with van der Waals surface area (Å²) in [7, 11) is 0. The van der Waals surface area contributed by atoms with Crippen LogP contribution < -0.4 is 15.4 Å². The molecule has 4 aliphatic rings. The second-order valence-corrected chi connectivity index (χ2v) is 8.03. The summed E-state index contributed by atoms with van der Waals surface area (Å²) in [4.78, 5) is 38.9. The van der Waals surface area contributed by atoms with Crippen LogP contribution in [0.5, 0.6) is 5.75 Å². The van der Waals surface area contributed by atoms with Gasteiger partial charge in [0.15, 0.2) is 0 Å².